The molecule has 4 atom stereocenters. The Hall–Kier alpha value is -5.63. The van der Waals surface area contributed by atoms with Gasteiger partial charge in [0.05, 0.1) is 34.8 Å². The molecule has 22 heteroatoms. The van der Waals surface area contributed by atoms with Crippen molar-refractivity contribution in [1.29, 1.82) is 0 Å². The number of fused-ring (bicyclic) bond motifs is 2. The zero-order valence-corrected chi connectivity index (χ0v) is 44.3. The van der Waals surface area contributed by atoms with Gasteiger partial charge in [0.1, 0.15) is 30.8 Å². The number of carbonyl (C=O) groups excluding carboxylic acids is 9. The summed E-state index contributed by atoms with van der Waals surface area (Å²) >= 11 is 9.30. The summed E-state index contributed by atoms with van der Waals surface area (Å²) in [5, 5.41) is 19.3. The SMILES string of the molecule is C#CCOCC(NC(=O)C(CCCCNC(=O)CBr)NC(=O)C(CCCCNC(=O)CBr)NC(=O)C(CCCCNC(=O)CBr)NC(=O)CCC(=O)N1Cc2ccccc2/C=C\c2ccccc21)C(N)=O. The summed E-state index contributed by atoms with van der Waals surface area (Å²) in [4.78, 5) is 119. The summed E-state index contributed by atoms with van der Waals surface area (Å²) in [5.41, 5.74) is 8.93. The van der Waals surface area contributed by atoms with Crippen LogP contribution in [0.2, 0.25) is 0 Å². The number of unbranched alkanes of at least 4 members (excludes halogenated alkanes) is 3. The Morgan fingerprint density at radius 2 is 1.04 bits per heavy atom. The second kappa shape index (κ2) is 33.9. The molecule has 2 aromatic carbocycles. The molecule has 9 N–H and O–H groups in total. The number of halogens is 3. The van der Waals surface area contributed by atoms with Gasteiger partial charge in [0.25, 0.3) is 0 Å². The molecule has 386 valence electrons. The quantitative estimate of drug-likeness (QED) is 0.0301. The van der Waals surface area contributed by atoms with Crippen molar-refractivity contribution < 1.29 is 47.9 Å². The Labute approximate surface area is 439 Å². The van der Waals surface area contributed by atoms with Gasteiger partial charge in [0, 0.05) is 32.5 Å². The van der Waals surface area contributed by atoms with Crippen LogP contribution >= 0.6 is 47.8 Å². The van der Waals surface area contributed by atoms with Gasteiger partial charge in [-0.25, -0.2) is 0 Å². The Bertz CT molecular complexity index is 2210. The number of primary amides is 1. The molecular weight excluding hydrogens is 1110 g/mol. The minimum Gasteiger partial charge on any atom is -0.368 e. The number of nitrogens with two attached hydrogens (primary N) is 1. The number of amides is 9. The number of nitrogens with one attached hydrogen (secondary N) is 7. The summed E-state index contributed by atoms with van der Waals surface area (Å²) in [6.45, 7) is 0.628. The van der Waals surface area contributed by atoms with Gasteiger partial charge in [-0.05, 0) is 80.5 Å². The normalized spacial score (nSPS) is 13.6. The number of rotatable bonds is 32. The fourth-order valence-corrected chi connectivity index (χ4v) is 7.89. The molecule has 9 amide bonds. The second-order valence-electron chi connectivity index (χ2n) is 16.4. The molecule has 1 aliphatic heterocycles. The van der Waals surface area contributed by atoms with Gasteiger partial charge < -0.3 is 52.6 Å². The van der Waals surface area contributed by atoms with Crippen LogP contribution in [0.25, 0.3) is 12.2 Å². The minimum atomic E-state index is -1.30. The molecule has 0 aliphatic carbocycles. The van der Waals surface area contributed by atoms with Gasteiger partial charge in [-0.3, -0.25) is 43.2 Å². The van der Waals surface area contributed by atoms with Crippen molar-refractivity contribution in [2.75, 3.05) is 53.7 Å². The molecule has 71 heavy (non-hydrogen) atoms. The summed E-state index contributed by atoms with van der Waals surface area (Å²) in [6.07, 6.45) is 11.2. The first-order valence-electron chi connectivity index (χ1n) is 23.4. The highest BCUT2D eigenvalue weighted by Gasteiger charge is 2.31. The first kappa shape index (κ1) is 59.7. The Morgan fingerprint density at radius 1 is 0.592 bits per heavy atom. The van der Waals surface area contributed by atoms with Crippen molar-refractivity contribution in [3.63, 3.8) is 0 Å². The standard InChI is InChI=1S/C49H64Br3N9O10/c1-2-27-71-32-39(46(53)67)60-49(70)38(18-9-12-26-56-44(65)30-52)59-48(69)37(17-8-11-25-55-43(64)29-51)58-47(68)36(16-7-10-24-54-42(63)28-50)57-41(62)22-23-45(66)61-31-35-15-4-3-13-33(35)20-21-34-14-5-6-19-40(34)61/h1,3-6,13-15,19-21,36-39H,7-12,16-18,22-32H2,(H2,53,67)(H,54,63)(H,55,64)(H,56,65)(H,57,62)(H,58,68)(H,59,69)(H,60,70)/b21-20-. The van der Waals surface area contributed by atoms with Crippen LogP contribution in [-0.2, 0) is 54.4 Å². The van der Waals surface area contributed by atoms with Crippen LogP contribution in [0.15, 0.2) is 48.5 Å². The molecule has 1 heterocycles. The summed E-state index contributed by atoms with van der Waals surface area (Å²) < 4.78 is 5.25. The Kier molecular flexibility index (Phi) is 28.5. The van der Waals surface area contributed by atoms with E-state index in [0.29, 0.717) is 50.8 Å². The third-order valence-electron chi connectivity index (χ3n) is 11.1. The highest BCUT2D eigenvalue weighted by atomic mass is 79.9. The molecule has 19 nitrogen and oxygen atoms in total. The number of hydrogen-bond donors (Lipinski definition) is 8. The van der Waals surface area contributed by atoms with Gasteiger partial charge in [0.15, 0.2) is 0 Å². The maximum absolute atomic E-state index is 14.3. The van der Waals surface area contributed by atoms with Crippen LogP contribution in [0.3, 0.4) is 0 Å². The first-order chi connectivity index (χ1) is 34.2. The number of ether oxygens (including phenoxy) is 1. The number of terminal acetylenes is 1. The molecule has 0 bridgehead atoms. The maximum atomic E-state index is 14.3. The van der Waals surface area contributed by atoms with E-state index in [2.05, 4.69) is 90.9 Å². The van der Waals surface area contributed by atoms with E-state index in [1.54, 1.807) is 4.90 Å². The lowest BCUT2D eigenvalue weighted by molar-refractivity contribution is -0.135. The molecule has 4 unspecified atom stereocenters. The van der Waals surface area contributed by atoms with Crippen molar-refractivity contribution in [1.82, 2.24) is 37.2 Å². The highest BCUT2D eigenvalue weighted by molar-refractivity contribution is 9.09. The van der Waals surface area contributed by atoms with Gasteiger partial charge in [0.2, 0.25) is 53.2 Å². The zero-order chi connectivity index (χ0) is 52.0. The summed E-state index contributed by atoms with van der Waals surface area (Å²) in [6, 6.07) is 10.2. The predicted molar refractivity (Wildman–Crippen MR) is 281 cm³/mol. The van der Waals surface area contributed by atoms with Gasteiger partial charge in [-0.2, -0.15) is 0 Å². The average Bonchev–Trinajstić information content (AvgIpc) is 3.36. The maximum Gasteiger partial charge on any atom is 0.243 e. The molecule has 0 saturated heterocycles. The monoisotopic (exact) mass is 1180 g/mol. The molecule has 0 spiro atoms. The number of benzene rings is 2. The average molecular weight is 1180 g/mol. The second-order valence-corrected chi connectivity index (χ2v) is 18.1. The molecular formula is C49H64Br3N9O10. The smallest absolute Gasteiger partial charge is 0.243 e. The van der Waals surface area contributed by atoms with E-state index < -0.39 is 53.7 Å². The van der Waals surface area contributed by atoms with Crippen LogP contribution in [0.4, 0.5) is 5.69 Å². The van der Waals surface area contributed by atoms with E-state index in [-0.39, 0.29) is 105 Å². The Balaban J connectivity index is 1.86. The largest absolute Gasteiger partial charge is 0.368 e. The van der Waals surface area contributed by atoms with E-state index in [1.807, 2.05) is 60.7 Å². The van der Waals surface area contributed by atoms with E-state index >= 15 is 0 Å². The third-order valence-corrected chi connectivity index (χ3v) is 12.6. The van der Waals surface area contributed by atoms with Crippen LogP contribution < -0.4 is 47.9 Å². The number of anilines is 1. The lowest BCUT2D eigenvalue weighted by Crippen LogP contribution is -2.58. The zero-order valence-electron chi connectivity index (χ0n) is 39.5. The predicted octanol–water partition coefficient (Wildman–Crippen LogP) is 2.60. The van der Waals surface area contributed by atoms with Crippen LogP contribution in [0, 0.1) is 12.3 Å². The highest BCUT2D eigenvalue weighted by Crippen LogP contribution is 2.29. The van der Waals surface area contributed by atoms with Crippen LogP contribution in [0.1, 0.15) is 87.3 Å². The van der Waals surface area contributed by atoms with Crippen molar-refractivity contribution in [2.45, 2.75) is 101 Å². The van der Waals surface area contributed by atoms with Crippen molar-refractivity contribution in [3.05, 3.63) is 65.2 Å². The lowest BCUT2D eigenvalue weighted by atomic mass is 10.0. The molecule has 0 fully saturated rings. The third kappa shape index (κ3) is 22.6. The molecule has 3 rings (SSSR count). The number of alkyl halides is 3. The number of hydrogen-bond acceptors (Lipinski definition) is 10. The van der Waals surface area contributed by atoms with Crippen molar-refractivity contribution in [2.24, 2.45) is 5.73 Å². The van der Waals surface area contributed by atoms with Gasteiger partial charge in [-0.15, -0.1) is 6.42 Å². The van der Waals surface area contributed by atoms with E-state index in [1.165, 1.54) is 0 Å². The van der Waals surface area contributed by atoms with E-state index in [0.717, 1.165) is 16.7 Å². The number of para-hydroxylation sites is 1. The minimum absolute atomic E-state index is 0.0435. The van der Waals surface area contributed by atoms with Crippen molar-refractivity contribution in [3.8, 4) is 12.3 Å². The number of nitrogens with zero attached hydrogens (tertiary/aromatic N) is 1. The lowest BCUT2D eigenvalue weighted by Gasteiger charge is -2.27. The molecule has 0 radical (unpaired) electrons. The fourth-order valence-electron chi connectivity index (χ4n) is 7.29. The van der Waals surface area contributed by atoms with E-state index in [4.69, 9.17) is 16.9 Å². The molecule has 0 aromatic heterocycles. The van der Waals surface area contributed by atoms with Crippen molar-refractivity contribution >= 4 is 119 Å². The van der Waals surface area contributed by atoms with Gasteiger partial charge in [-0.1, -0.05) is 108 Å². The van der Waals surface area contributed by atoms with E-state index in [9.17, 15) is 43.2 Å². The molecule has 0 saturated carbocycles. The molecule has 1 aliphatic rings. The topological polar surface area (TPSA) is 276 Å². The fraction of sp³-hybridized carbons (Fsp3) is 0.490. The van der Waals surface area contributed by atoms with Crippen LogP contribution in [0.5, 0.6) is 0 Å². The number of carbonyl (C=O) groups is 9. The summed E-state index contributed by atoms with van der Waals surface area (Å²) in [5.74, 6) is -2.51. The Morgan fingerprint density at radius 3 is 1.54 bits per heavy atom. The van der Waals surface area contributed by atoms with Crippen LogP contribution in [-0.4, -0.2) is 126 Å². The molecule has 2 aromatic rings. The summed E-state index contributed by atoms with van der Waals surface area (Å²) in [7, 11) is 0. The van der Waals surface area contributed by atoms with Gasteiger partial charge >= 0.3 is 0 Å². The first-order valence-corrected chi connectivity index (χ1v) is 26.7.